The van der Waals surface area contributed by atoms with E-state index in [1.807, 2.05) is 13.0 Å². The lowest BCUT2D eigenvalue weighted by atomic mass is 10.1. The second kappa shape index (κ2) is 5.30. The van der Waals surface area contributed by atoms with Gasteiger partial charge in [0.05, 0.1) is 11.9 Å². The number of nitrogens with zero attached hydrogens (tertiary/aromatic N) is 3. The first kappa shape index (κ1) is 12.8. The molecule has 0 saturated carbocycles. The van der Waals surface area contributed by atoms with Crippen molar-refractivity contribution < 1.29 is 9.90 Å². The molecule has 6 heteroatoms. The van der Waals surface area contributed by atoms with Crippen molar-refractivity contribution in [2.24, 2.45) is 0 Å². The second-order valence-corrected chi connectivity index (χ2v) is 4.72. The Bertz CT molecular complexity index is 563. The molecule has 2 aromatic rings. The van der Waals surface area contributed by atoms with Gasteiger partial charge in [0, 0.05) is 10.7 Å². The number of halogens is 1. The van der Waals surface area contributed by atoms with Gasteiger partial charge >= 0.3 is 5.97 Å². The van der Waals surface area contributed by atoms with Crippen molar-refractivity contribution in [2.75, 3.05) is 0 Å². The largest absolute Gasteiger partial charge is 0.478 e. The fourth-order valence-corrected chi connectivity index (χ4v) is 1.96. The third-order valence-electron chi connectivity index (χ3n) is 2.51. The molecule has 0 saturated heterocycles. The van der Waals surface area contributed by atoms with Crippen molar-refractivity contribution in [1.82, 2.24) is 14.8 Å². The minimum Gasteiger partial charge on any atom is -0.478 e. The Balaban J connectivity index is 2.50. The van der Waals surface area contributed by atoms with E-state index in [1.165, 1.54) is 6.20 Å². The smallest absolute Gasteiger partial charge is 0.339 e. The molecule has 0 aromatic carbocycles. The standard InChI is InChI=1S/C12H12BrN3O2/c1-2-3-10-9(12(17)18)7-15-16(10)11-5-4-8(13)6-14-11/h4-7H,2-3H2,1H3,(H,17,18). The minimum absolute atomic E-state index is 0.238. The van der Waals surface area contributed by atoms with Gasteiger partial charge in [0.15, 0.2) is 5.82 Å². The summed E-state index contributed by atoms with van der Waals surface area (Å²) in [6.45, 7) is 2.00. The Morgan fingerprint density at radius 2 is 2.22 bits per heavy atom. The van der Waals surface area contributed by atoms with Crippen LogP contribution in [0.25, 0.3) is 5.82 Å². The van der Waals surface area contributed by atoms with Crippen LogP contribution in [-0.4, -0.2) is 25.8 Å². The van der Waals surface area contributed by atoms with E-state index in [1.54, 1.807) is 16.9 Å². The molecule has 5 nitrogen and oxygen atoms in total. The van der Waals surface area contributed by atoms with Crippen LogP contribution in [0.3, 0.4) is 0 Å². The predicted octanol–water partition coefficient (Wildman–Crippen LogP) is 2.68. The summed E-state index contributed by atoms with van der Waals surface area (Å²) in [5, 5.41) is 13.2. The van der Waals surface area contributed by atoms with Crippen molar-refractivity contribution in [3.05, 3.63) is 40.3 Å². The van der Waals surface area contributed by atoms with Crippen LogP contribution in [0.2, 0.25) is 0 Å². The predicted molar refractivity (Wildman–Crippen MR) is 70.0 cm³/mol. The van der Waals surface area contributed by atoms with E-state index in [9.17, 15) is 4.79 Å². The van der Waals surface area contributed by atoms with Crippen LogP contribution >= 0.6 is 15.9 Å². The molecule has 0 spiro atoms. The first-order valence-electron chi connectivity index (χ1n) is 5.55. The summed E-state index contributed by atoms with van der Waals surface area (Å²) in [5.41, 5.74) is 0.918. The topological polar surface area (TPSA) is 68.0 Å². The Morgan fingerprint density at radius 1 is 1.44 bits per heavy atom. The number of hydrogen-bond acceptors (Lipinski definition) is 3. The van der Waals surface area contributed by atoms with Crippen LogP contribution in [0.5, 0.6) is 0 Å². The van der Waals surface area contributed by atoms with Gasteiger partial charge in [-0.1, -0.05) is 13.3 Å². The van der Waals surface area contributed by atoms with Crippen LogP contribution in [0, 0.1) is 0 Å². The lowest BCUT2D eigenvalue weighted by Crippen LogP contribution is -2.07. The summed E-state index contributed by atoms with van der Waals surface area (Å²) in [6.07, 6.45) is 4.53. The van der Waals surface area contributed by atoms with Crippen LogP contribution < -0.4 is 0 Å². The number of pyridine rings is 1. The molecule has 0 atom stereocenters. The molecule has 94 valence electrons. The average Bonchev–Trinajstić information content (AvgIpc) is 2.74. The number of carboxylic acid groups (broad SMARTS) is 1. The maximum Gasteiger partial charge on any atom is 0.339 e. The summed E-state index contributed by atoms with van der Waals surface area (Å²) in [6, 6.07) is 3.64. The molecular weight excluding hydrogens is 298 g/mol. The summed E-state index contributed by atoms with van der Waals surface area (Å²) in [5.74, 6) is -0.337. The first-order valence-corrected chi connectivity index (χ1v) is 6.35. The van der Waals surface area contributed by atoms with Crippen molar-refractivity contribution in [3.8, 4) is 5.82 Å². The van der Waals surface area contributed by atoms with E-state index < -0.39 is 5.97 Å². The average molecular weight is 310 g/mol. The molecule has 2 rings (SSSR count). The molecule has 0 aliphatic heterocycles. The van der Waals surface area contributed by atoms with Crippen LogP contribution in [-0.2, 0) is 6.42 Å². The zero-order chi connectivity index (χ0) is 13.1. The quantitative estimate of drug-likeness (QED) is 0.943. The Labute approximate surface area is 113 Å². The van der Waals surface area contributed by atoms with Gasteiger partial charge in [0.1, 0.15) is 5.56 Å². The number of aromatic nitrogens is 3. The molecule has 2 aromatic heterocycles. The molecule has 0 fully saturated rings. The summed E-state index contributed by atoms with van der Waals surface area (Å²) >= 11 is 3.31. The maximum atomic E-state index is 11.1. The Morgan fingerprint density at radius 3 is 2.78 bits per heavy atom. The molecule has 2 heterocycles. The molecular formula is C12H12BrN3O2. The molecule has 0 aliphatic carbocycles. The Hall–Kier alpha value is -1.69. The molecule has 18 heavy (non-hydrogen) atoms. The zero-order valence-corrected chi connectivity index (χ0v) is 11.4. The lowest BCUT2D eigenvalue weighted by Gasteiger charge is -2.06. The van der Waals surface area contributed by atoms with Crippen LogP contribution in [0.15, 0.2) is 29.0 Å². The van der Waals surface area contributed by atoms with Gasteiger partial charge in [-0.3, -0.25) is 0 Å². The molecule has 0 amide bonds. The van der Waals surface area contributed by atoms with Gasteiger partial charge in [-0.25, -0.2) is 14.5 Å². The van der Waals surface area contributed by atoms with Gasteiger partial charge in [-0.2, -0.15) is 5.10 Å². The van der Waals surface area contributed by atoms with Gasteiger partial charge in [0.2, 0.25) is 0 Å². The number of carboxylic acids is 1. The number of carbonyl (C=O) groups is 1. The lowest BCUT2D eigenvalue weighted by molar-refractivity contribution is 0.0695. The van der Waals surface area contributed by atoms with E-state index in [4.69, 9.17) is 5.11 Å². The highest BCUT2D eigenvalue weighted by molar-refractivity contribution is 9.10. The van der Waals surface area contributed by atoms with Crippen LogP contribution in [0.4, 0.5) is 0 Å². The van der Waals surface area contributed by atoms with Crippen molar-refractivity contribution in [2.45, 2.75) is 19.8 Å². The third-order valence-corrected chi connectivity index (χ3v) is 2.98. The van der Waals surface area contributed by atoms with E-state index in [0.717, 1.165) is 10.9 Å². The van der Waals surface area contributed by atoms with Gasteiger partial charge in [0.25, 0.3) is 0 Å². The van der Waals surface area contributed by atoms with Crippen molar-refractivity contribution in [3.63, 3.8) is 0 Å². The molecule has 0 radical (unpaired) electrons. The van der Waals surface area contributed by atoms with Gasteiger partial charge in [-0.05, 0) is 34.5 Å². The highest BCUT2D eigenvalue weighted by atomic mass is 79.9. The molecule has 1 N–H and O–H groups in total. The van der Waals surface area contributed by atoms with Gasteiger partial charge < -0.3 is 5.11 Å². The molecule has 0 aliphatic rings. The van der Waals surface area contributed by atoms with Crippen LogP contribution in [0.1, 0.15) is 29.4 Å². The maximum absolute atomic E-state index is 11.1. The monoisotopic (exact) mass is 309 g/mol. The van der Waals surface area contributed by atoms with E-state index in [-0.39, 0.29) is 5.56 Å². The molecule has 0 bridgehead atoms. The highest BCUT2D eigenvalue weighted by Crippen LogP contribution is 2.17. The molecule has 0 unspecified atom stereocenters. The number of hydrogen-bond donors (Lipinski definition) is 1. The Kier molecular flexibility index (Phi) is 3.76. The number of rotatable bonds is 4. The summed E-state index contributed by atoms with van der Waals surface area (Å²) in [7, 11) is 0. The van der Waals surface area contributed by atoms with Crippen molar-refractivity contribution in [1.29, 1.82) is 0 Å². The van der Waals surface area contributed by atoms with E-state index >= 15 is 0 Å². The van der Waals surface area contributed by atoms with Gasteiger partial charge in [-0.15, -0.1) is 0 Å². The van der Waals surface area contributed by atoms with E-state index in [2.05, 4.69) is 26.0 Å². The van der Waals surface area contributed by atoms with E-state index in [0.29, 0.717) is 17.9 Å². The highest BCUT2D eigenvalue weighted by Gasteiger charge is 2.17. The fourth-order valence-electron chi connectivity index (χ4n) is 1.72. The normalized spacial score (nSPS) is 10.6. The SMILES string of the molecule is CCCc1c(C(=O)O)cnn1-c1ccc(Br)cn1. The van der Waals surface area contributed by atoms with Crippen molar-refractivity contribution >= 4 is 21.9 Å². The third kappa shape index (κ3) is 2.43. The second-order valence-electron chi connectivity index (χ2n) is 3.81. The minimum atomic E-state index is -0.957. The summed E-state index contributed by atoms with van der Waals surface area (Å²) < 4.78 is 2.45. The zero-order valence-electron chi connectivity index (χ0n) is 9.80. The fraction of sp³-hybridized carbons (Fsp3) is 0.250. The number of aromatic carboxylic acids is 1. The summed E-state index contributed by atoms with van der Waals surface area (Å²) in [4.78, 5) is 15.3. The first-order chi connectivity index (χ1) is 8.63.